The van der Waals surface area contributed by atoms with E-state index >= 15 is 0 Å². The first-order valence-corrected chi connectivity index (χ1v) is 11.2. The van der Waals surface area contributed by atoms with Crippen molar-refractivity contribution < 1.29 is 4.74 Å². The Hall–Kier alpha value is -3.52. The monoisotopic (exact) mass is 448 g/mol. The molecule has 0 spiro atoms. The van der Waals surface area contributed by atoms with E-state index in [2.05, 4.69) is 17.0 Å². The van der Waals surface area contributed by atoms with E-state index in [0.29, 0.717) is 22.5 Å². The van der Waals surface area contributed by atoms with Gasteiger partial charge in [-0.2, -0.15) is 14.6 Å². The van der Waals surface area contributed by atoms with Crippen molar-refractivity contribution in [2.24, 2.45) is 0 Å². The summed E-state index contributed by atoms with van der Waals surface area (Å²) in [6.07, 6.45) is 3.03. The van der Waals surface area contributed by atoms with Gasteiger partial charge in [-0.1, -0.05) is 42.5 Å². The molecule has 2 aromatic carbocycles. The molecule has 0 atom stereocenters. The van der Waals surface area contributed by atoms with Crippen LogP contribution < -0.4 is 25.3 Å². The van der Waals surface area contributed by atoms with Crippen molar-refractivity contribution in [1.82, 2.24) is 14.6 Å². The van der Waals surface area contributed by atoms with Gasteiger partial charge in [0.2, 0.25) is 4.96 Å². The summed E-state index contributed by atoms with van der Waals surface area (Å²) in [5.41, 5.74) is 2.41. The second-order valence-corrected chi connectivity index (χ2v) is 8.64. The minimum atomic E-state index is -0.417. The Morgan fingerprint density at radius 3 is 2.44 bits per heavy atom. The van der Waals surface area contributed by atoms with Gasteiger partial charge in [-0.3, -0.25) is 9.59 Å². The molecule has 0 amide bonds. The Kier molecular flexibility index (Phi) is 6.32. The van der Waals surface area contributed by atoms with Gasteiger partial charge in [0.05, 0.1) is 11.1 Å². The summed E-state index contributed by atoms with van der Waals surface area (Å²) in [7, 11) is 3.95. The summed E-state index contributed by atoms with van der Waals surface area (Å²) < 4.78 is 7.29. The molecule has 0 bridgehead atoms. The molecule has 7 nitrogen and oxygen atoms in total. The molecule has 8 heteroatoms. The van der Waals surface area contributed by atoms with Crippen LogP contribution in [0.3, 0.4) is 0 Å². The Morgan fingerprint density at radius 1 is 1.06 bits per heavy atom. The van der Waals surface area contributed by atoms with Gasteiger partial charge >= 0.3 is 0 Å². The molecular formula is C24H24N4O3S. The van der Waals surface area contributed by atoms with Gasteiger partial charge in [0.15, 0.2) is 0 Å². The van der Waals surface area contributed by atoms with E-state index in [-0.39, 0.29) is 11.3 Å². The van der Waals surface area contributed by atoms with Gasteiger partial charge in [-0.15, -0.1) is 0 Å². The van der Waals surface area contributed by atoms with Gasteiger partial charge in [-0.25, -0.2) is 0 Å². The van der Waals surface area contributed by atoms with Crippen LogP contribution in [0.2, 0.25) is 0 Å². The highest BCUT2D eigenvalue weighted by Gasteiger charge is 2.12. The van der Waals surface area contributed by atoms with Crippen LogP contribution in [0.15, 0.2) is 58.1 Å². The summed E-state index contributed by atoms with van der Waals surface area (Å²) in [5.74, 6) is 0.785. The minimum absolute atomic E-state index is 0.238. The van der Waals surface area contributed by atoms with Crippen molar-refractivity contribution in [2.75, 3.05) is 25.6 Å². The van der Waals surface area contributed by atoms with Gasteiger partial charge < -0.3 is 9.64 Å². The van der Waals surface area contributed by atoms with Crippen LogP contribution >= 0.6 is 11.3 Å². The van der Waals surface area contributed by atoms with Crippen LogP contribution in [-0.2, 0) is 6.42 Å². The Labute approximate surface area is 189 Å². The lowest BCUT2D eigenvalue weighted by Gasteiger charge is -2.11. The molecule has 0 saturated carbocycles. The Bertz CT molecular complexity index is 1390. The van der Waals surface area contributed by atoms with Crippen molar-refractivity contribution in [3.8, 4) is 5.75 Å². The molecule has 0 saturated heterocycles. The van der Waals surface area contributed by atoms with Gasteiger partial charge in [-0.05, 0) is 47.9 Å². The van der Waals surface area contributed by atoms with Crippen LogP contribution in [0.1, 0.15) is 30.2 Å². The minimum Gasteiger partial charge on any atom is -0.494 e. The van der Waals surface area contributed by atoms with Gasteiger partial charge in [0.25, 0.3) is 11.1 Å². The second-order valence-electron chi connectivity index (χ2n) is 7.63. The summed E-state index contributed by atoms with van der Waals surface area (Å²) in [6.45, 7) is 2.71. The van der Waals surface area contributed by atoms with E-state index in [1.54, 1.807) is 6.08 Å². The molecule has 0 radical (unpaired) electrons. The highest BCUT2D eigenvalue weighted by molar-refractivity contribution is 7.15. The molecule has 0 aliphatic carbocycles. The van der Waals surface area contributed by atoms with Crippen molar-refractivity contribution in [1.29, 1.82) is 0 Å². The highest BCUT2D eigenvalue weighted by atomic mass is 32.1. The molecule has 32 heavy (non-hydrogen) atoms. The number of aromatic nitrogens is 3. The highest BCUT2D eigenvalue weighted by Crippen LogP contribution is 2.15. The molecule has 0 N–H and O–H groups in total. The first-order chi connectivity index (χ1) is 15.4. The normalized spacial score (nSPS) is 11.8. The van der Waals surface area contributed by atoms with Crippen molar-refractivity contribution >= 4 is 28.1 Å². The first-order valence-electron chi connectivity index (χ1n) is 10.4. The molecule has 4 aromatic rings. The molecule has 0 unspecified atom stereocenters. The fraction of sp³-hybridized carbons (Fsp3) is 0.250. The number of ether oxygens (including phenoxy) is 1. The lowest BCUT2D eigenvalue weighted by Crippen LogP contribution is -2.28. The van der Waals surface area contributed by atoms with Crippen molar-refractivity contribution in [3.63, 3.8) is 0 Å². The van der Waals surface area contributed by atoms with E-state index in [1.165, 1.54) is 4.52 Å². The third-order valence-corrected chi connectivity index (χ3v) is 5.88. The maximum atomic E-state index is 12.9. The lowest BCUT2D eigenvalue weighted by atomic mass is 10.1. The third-order valence-electron chi connectivity index (χ3n) is 4.93. The Morgan fingerprint density at radius 2 is 1.78 bits per heavy atom. The third kappa shape index (κ3) is 4.70. The van der Waals surface area contributed by atoms with Crippen LogP contribution in [0, 0.1) is 0 Å². The van der Waals surface area contributed by atoms with Crippen LogP contribution in [-0.4, -0.2) is 35.3 Å². The number of nitrogens with zero attached hydrogens (tertiary/aromatic N) is 4. The predicted octanol–water partition coefficient (Wildman–Crippen LogP) is 2.50. The number of thiazole rings is 1. The number of fused-ring (bicyclic) bond motifs is 1. The molecule has 0 aliphatic heterocycles. The molecule has 4 rings (SSSR count). The molecule has 2 heterocycles. The van der Waals surface area contributed by atoms with E-state index < -0.39 is 5.56 Å². The number of hydrogen-bond acceptors (Lipinski definition) is 7. The number of hydrogen-bond donors (Lipinski definition) is 0. The SMILES string of the molecule is CCCOc1ccc(Cc2nn3c(=O)/c(=C\c4ccc(N(C)C)cc4)sc3nc2=O)cc1. The zero-order chi connectivity index (χ0) is 22.7. The quantitative estimate of drug-likeness (QED) is 0.432. The lowest BCUT2D eigenvalue weighted by molar-refractivity contribution is 0.317. The van der Waals surface area contributed by atoms with Crippen LogP contribution in [0.5, 0.6) is 5.75 Å². The fourth-order valence-electron chi connectivity index (χ4n) is 3.19. The summed E-state index contributed by atoms with van der Waals surface area (Å²) in [4.78, 5) is 31.8. The maximum absolute atomic E-state index is 12.9. The summed E-state index contributed by atoms with van der Waals surface area (Å²) in [5, 5.41) is 4.32. The Balaban J connectivity index is 1.64. The second kappa shape index (κ2) is 9.32. The average Bonchev–Trinajstić information content (AvgIpc) is 3.08. The van der Waals surface area contributed by atoms with E-state index in [0.717, 1.165) is 40.3 Å². The summed E-state index contributed by atoms with van der Waals surface area (Å²) in [6, 6.07) is 15.4. The standard InChI is InChI=1S/C24H24N4O3S/c1-4-13-31-19-11-7-16(8-12-19)14-20-22(29)25-24-28(26-20)23(30)21(32-24)15-17-5-9-18(10-6-17)27(2)3/h5-12,15H,4,13-14H2,1-3H3/b21-15+. The molecular weight excluding hydrogens is 424 g/mol. The van der Waals surface area contributed by atoms with Crippen molar-refractivity contribution in [3.05, 3.63) is 90.6 Å². The topological polar surface area (TPSA) is 76.8 Å². The van der Waals surface area contributed by atoms with E-state index in [9.17, 15) is 9.59 Å². The largest absolute Gasteiger partial charge is 0.494 e. The zero-order valence-corrected chi connectivity index (χ0v) is 19.1. The molecule has 0 fully saturated rings. The summed E-state index contributed by atoms with van der Waals surface area (Å²) >= 11 is 1.16. The first kappa shape index (κ1) is 21.7. The van der Waals surface area contributed by atoms with Crippen molar-refractivity contribution in [2.45, 2.75) is 19.8 Å². The number of rotatable bonds is 7. The maximum Gasteiger partial charge on any atom is 0.296 e. The average molecular weight is 449 g/mol. The smallest absolute Gasteiger partial charge is 0.296 e. The van der Waals surface area contributed by atoms with Gasteiger partial charge in [0.1, 0.15) is 11.4 Å². The predicted molar refractivity (Wildman–Crippen MR) is 128 cm³/mol. The van der Waals surface area contributed by atoms with E-state index in [1.807, 2.05) is 67.5 Å². The van der Waals surface area contributed by atoms with E-state index in [4.69, 9.17) is 4.74 Å². The molecule has 2 aromatic heterocycles. The van der Waals surface area contributed by atoms with Crippen LogP contribution in [0.25, 0.3) is 11.0 Å². The number of anilines is 1. The van der Waals surface area contributed by atoms with Crippen LogP contribution in [0.4, 0.5) is 5.69 Å². The van der Waals surface area contributed by atoms with Gasteiger partial charge in [0, 0.05) is 26.2 Å². The molecule has 164 valence electrons. The number of benzene rings is 2. The fourth-order valence-corrected chi connectivity index (χ4v) is 4.09. The molecule has 0 aliphatic rings. The zero-order valence-electron chi connectivity index (χ0n) is 18.2.